The standard InChI is InChI=1S/C18H17NO2/c20-13-5-9-16-8-4-10-17(14-16)19-18(21)12-11-15-6-2-1-3-7-15/h1-4,6-8,10,14,20H,5,9,13H2,(H,19,21). The highest BCUT2D eigenvalue weighted by molar-refractivity contribution is 6.04. The van der Waals surface area contributed by atoms with Crippen molar-refractivity contribution in [2.45, 2.75) is 12.8 Å². The molecule has 0 aliphatic heterocycles. The zero-order valence-corrected chi connectivity index (χ0v) is 11.7. The Balaban J connectivity index is 1.98. The van der Waals surface area contributed by atoms with Crippen molar-refractivity contribution in [1.29, 1.82) is 0 Å². The Bertz CT molecular complexity index is 654. The summed E-state index contributed by atoms with van der Waals surface area (Å²) >= 11 is 0. The first-order chi connectivity index (χ1) is 10.3. The van der Waals surface area contributed by atoms with Gasteiger partial charge in [-0.05, 0) is 42.7 Å². The Morgan fingerprint density at radius 3 is 2.67 bits per heavy atom. The van der Waals surface area contributed by atoms with Gasteiger partial charge in [0.2, 0.25) is 0 Å². The molecule has 0 aromatic heterocycles. The number of hydrogen-bond donors (Lipinski definition) is 2. The first-order valence-electron chi connectivity index (χ1n) is 6.86. The average Bonchev–Trinajstić information content (AvgIpc) is 2.52. The first kappa shape index (κ1) is 14.8. The van der Waals surface area contributed by atoms with Gasteiger partial charge in [0.05, 0.1) is 0 Å². The van der Waals surface area contributed by atoms with Crippen LogP contribution in [-0.2, 0) is 11.2 Å². The van der Waals surface area contributed by atoms with Gasteiger partial charge < -0.3 is 10.4 Å². The molecule has 106 valence electrons. The van der Waals surface area contributed by atoms with Gasteiger partial charge in [-0.2, -0.15) is 0 Å². The molecule has 2 rings (SSSR count). The number of amides is 1. The minimum Gasteiger partial charge on any atom is -0.396 e. The molecule has 1 amide bonds. The lowest BCUT2D eigenvalue weighted by atomic mass is 10.1. The van der Waals surface area contributed by atoms with Crippen molar-refractivity contribution in [1.82, 2.24) is 0 Å². The summed E-state index contributed by atoms with van der Waals surface area (Å²) in [5.74, 6) is 5.05. The van der Waals surface area contributed by atoms with Gasteiger partial charge in [-0.15, -0.1) is 0 Å². The van der Waals surface area contributed by atoms with Gasteiger partial charge in [0.25, 0.3) is 0 Å². The lowest BCUT2D eigenvalue weighted by molar-refractivity contribution is -0.111. The van der Waals surface area contributed by atoms with Crippen molar-refractivity contribution in [3.8, 4) is 11.8 Å². The summed E-state index contributed by atoms with van der Waals surface area (Å²) in [6.45, 7) is 0.166. The van der Waals surface area contributed by atoms with Gasteiger partial charge in [0.15, 0.2) is 0 Å². The van der Waals surface area contributed by atoms with Crippen molar-refractivity contribution in [2.75, 3.05) is 11.9 Å². The molecule has 0 heterocycles. The summed E-state index contributed by atoms with van der Waals surface area (Å²) in [7, 11) is 0. The Hall–Kier alpha value is -2.57. The summed E-state index contributed by atoms with van der Waals surface area (Å²) in [5, 5.41) is 11.6. The minimum atomic E-state index is -0.335. The third-order valence-corrected chi connectivity index (χ3v) is 2.90. The van der Waals surface area contributed by atoms with Crippen LogP contribution in [0.15, 0.2) is 54.6 Å². The number of aliphatic hydroxyl groups excluding tert-OH is 1. The van der Waals surface area contributed by atoms with E-state index < -0.39 is 0 Å². The second-order valence-corrected chi connectivity index (χ2v) is 4.60. The molecule has 0 radical (unpaired) electrons. The summed E-state index contributed by atoms with van der Waals surface area (Å²) in [5.41, 5.74) is 2.61. The van der Waals surface area contributed by atoms with Gasteiger partial charge >= 0.3 is 5.91 Å². The number of benzene rings is 2. The molecule has 0 fully saturated rings. The average molecular weight is 279 g/mol. The van der Waals surface area contributed by atoms with E-state index in [2.05, 4.69) is 17.2 Å². The van der Waals surface area contributed by atoms with Gasteiger partial charge in [-0.25, -0.2) is 0 Å². The molecular weight excluding hydrogens is 262 g/mol. The van der Waals surface area contributed by atoms with E-state index in [9.17, 15) is 4.79 Å². The van der Waals surface area contributed by atoms with E-state index in [4.69, 9.17) is 5.11 Å². The maximum atomic E-state index is 11.8. The molecule has 0 spiro atoms. The lowest BCUT2D eigenvalue weighted by Crippen LogP contribution is -2.08. The second-order valence-electron chi connectivity index (χ2n) is 4.60. The fourth-order valence-corrected chi connectivity index (χ4v) is 1.90. The Morgan fingerprint density at radius 2 is 1.90 bits per heavy atom. The summed E-state index contributed by atoms with van der Waals surface area (Å²) < 4.78 is 0. The van der Waals surface area contributed by atoms with Gasteiger partial charge in [-0.1, -0.05) is 36.3 Å². The van der Waals surface area contributed by atoms with Crippen molar-refractivity contribution in [3.63, 3.8) is 0 Å². The topological polar surface area (TPSA) is 49.3 Å². The molecule has 0 atom stereocenters. The summed E-state index contributed by atoms with van der Waals surface area (Å²) in [6, 6.07) is 17.0. The predicted octanol–water partition coefficient (Wildman–Crippen LogP) is 2.60. The van der Waals surface area contributed by atoms with Crippen LogP contribution in [0.4, 0.5) is 5.69 Å². The van der Waals surface area contributed by atoms with Crippen LogP contribution in [0.2, 0.25) is 0 Å². The van der Waals surface area contributed by atoms with Crippen LogP contribution in [0.5, 0.6) is 0 Å². The molecule has 3 nitrogen and oxygen atoms in total. The number of carbonyl (C=O) groups excluding carboxylic acids is 1. The summed E-state index contributed by atoms with van der Waals surface area (Å²) in [6.07, 6.45) is 1.50. The van der Waals surface area contributed by atoms with Gasteiger partial charge in [0, 0.05) is 23.8 Å². The van der Waals surface area contributed by atoms with Crippen LogP contribution < -0.4 is 5.32 Å². The monoisotopic (exact) mass is 279 g/mol. The highest BCUT2D eigenvalue weighted by Gasteiger charge is 1.99. The van der Waals surface area contributed by atoms with Crippen LogP contribution in [0.25, 0.3) is 0 Å². The van der Waals surface area contributed by atoms with E-state index in [1.807, 2.05) is 54.6 Å². The van der Waals surface area contributed by atoms with E-state index in [1.165, 1.54) is 0 Å². The maximum Gasteiger partial charge on any atom is 0.300 e. The molecule has 2 aromatic rings. The molecule has 2 N–H and O–H groups in total. The Morgan fingerprint density at radius 1 is 1.10 bits per heavy atom. The molecule has 21 heavy (non-hydrogen) atoms. The fourth-order valence-electron chi connectivity index (χ4n) is 1.90. The third kappa shape index (κ3) is 5.13. The lowest BCUT2D eigenvalue weighted by Gasteiger charge is -2.04. The molecule has 0 aliphatic carbocycles. The number of hydrogen-bond acceptors (Lipinski definition) is 2. The Kier molecular flexibility index (Phi) is 5.57. The van der Waals surface area contributed by atoms with Crippen molar-refractivity contribution < 1.29 is 9.90 Å². The largest absolute Gasteiger partial charge is 0.396 e. The zero-order valence-electron chi connectivity index (χ0n) is 11.7. The number of aliphatic hydroxyl groups is 1. The Labute approximate surface area is 124 Å². The fraction of sp³-hybridized carbons (Fsp3) is 0.167. The number of carbonyl (C=O) groups is 1. The highest BCUT2D eigenvalue weighted by Crippen LogP contribution is 2.12. The van der Waals surface area contributed by atoms with Crippen LogP contribution in [0, 0.1) is 11.8 Å². The van der Waals surface area contributed by atoms with Crippen molar-refractivity contribution >= 4 is 11.6 Å². The van der Waals surface area contributed by atoms with Crippen LogP contribution in [0.1, 0.15) is 17.5 Å². The molecule has 3 heteroatoms. The van der Waals surface area contributed by atoms with Crippen LogP contribution in [0.3, 0.4) is 0 Å². The molecule has 0 saturated heterocycles. The first-order valence-corrected chi connectivity index (χ1v) is 6.86. The normalized spacial score (nSPS) is 9.57. The smallest absolute Gasteiger partial charge is 0.300 e. The molecule has 0 unspecified atom stereocenters. The van der Waals surface area contributed by atoms with Gasteiger partial charge in [-0.3, -0.25) is 4.79 Å². The maximum absolute atomic E-state index is 11.8. The summed E-state index contributed by atoms with van der Waals surface area (Å²) in [4.78, 5) is 11.8. The molecule has 2 aromatic carbocycles. The van der Waals surface area contributed by atoms with E-state index in [-0.39, 0.29) is 12.5 Å². The van der Waals surface area contributed by atoms with E-state index in [0.29, 0.717) is 6.42 Å². The molecule has 0 aliphatic rings. The number of rotatable bonds is 4. The predicted molar refractivity (Wildman–Crippen MR) is 83.8 cm³/mol. The van der Waals surface area contributed by atoms with E-state index >= 15 is 0 Å². The molecular formula is C18H17NO2. The van der Waals surface area contributed by atoms with Crippen molar-refractivity contribution in [2.24, 2.45) is 0 Å². The van der Waals surface area contributed by atoms with Gasteiger partial charge in [0.1, 0.15) is 0 Å². The number of aryl methyl sites for hydroxylation is 1. The number of nitrogens with one attached hydrogen (secondary N) is 1. The van der Waals surface area contributed by atoms with E-state index in [1.54, 1.807) is 0 Å². The van der Waals surface area contributed by atoms with Crippen molar-refractivity contribution in [3.05, 3.63) is 65.7 Å². The molecule has 0 saturated carbocycles. The van der Waals surface area contributed by atoms with E-state index in [0.717, 1.165) is 23.2 Å². The third-order valence-electron chi connectivity index (χ3n) is 2.90. The minimum absolute atomic E-state index is 0.166. The van der Waals surface area contributed by atoms with Crippen LogP contribution >= 0.6 is 0 Å². The molecule has 0 bridgehead atoms. The highest BCUT2D eigenvalue weighted by atomic mass is 16.2. The zero-order chi connectivity index (χ0) is 14.9. The second kappa shape index (κ2) is 7.88. The van der Waals surface area contributed by atoms with Crippen LogP contribution in [-0.4, -0.2) is 17.6 Å². The SMILES string of the molecule is O=C(C#Cc1ccccc1)Nc1cccc(CCCO)c1. The number of anilines is 1. The quantitative estimate of drug-likeness (QED) is 0.845.